The van der Waals surface area contributed by atoms with Crippen LogP contribution in [0, 0.1) is 6.92 Å². The summed E-state index contributed by atoms with van der Waals surface area (Å²) in [6, 6.07) is 12.7. The number of nitrogens with zero attached hydrogens (tertiary/aromatic N) is 2. The van der Waals surface area contributed by atoms with Crippen LogP contribution in [0.15, 0.2) is 47.3 Å². The van der Waals surface area contributed by atoms with E-state index in [-0.39, 0.29) is 23.6 Å². The number of rotatable bonds is 4. The van der Waals surface area contributed by atoms with E-state index in [1.54, 1.807) is 30.8 Å². The molecule has 1 amide bonds. The lowest BCUT2D eigenvalue weighted by molar-refractivity contribution is -0.115. The first kappa shape index (κ1) is 19.1. The molecule has 0 spiro atoms. The number of benzene rings is 2. The standard InChI is InChI=1S/C21H20ClN3O4/c1-13-19(21(27)25(24(13)2)15-6-4-3-5-7-15)23-18(26)12-14-10-16(22)20-17(11-14)28-8-9-29-20/h3-7,10-11H,8-9,12H2,1-2H3,(H,23,26). The Hall–Kier alpha value is -3.19. The number of carbonyl (C=O) groups excluding carboxylic acids is 1. The van der Waals surface area contributed by atoms with E-state index in [4.69, 9.17) is 21.1 Å². The number of hydrogen-bond acceptors (Lipinski definition) is 4. The van der Waals surface area contributed by atoms with E-state index in [0.717, 1.165) is 5.69 Å². The highest BCUT2D eigenvalue weighted by molar-refractivity contribution is 6.32. The van der Waals surface area contributed by atoms with Gasteiger partial charge in [-0.3, -0.25) is 14.3 Å². The fraction of sp³-hybridized carbons (Fsp3) is 0.238. The lowest BCUT2D eigenvalue weighted by atomic mass is 10.1. The lowest BCUT2D eigenvalue weighted by Crippen LogP contribution is -2.23. The van der Waals surface area contributed by atoms with Gasteiger partial charge in [0, 0.05) is 7.05 Å². The predicted molar refractivity (Wildman–Crippen MR) is 111 cm³/mol. The number of nitrogens with one attached hydrogen (secondary N) is 1. The molecule has 4 rings (SSSR count). The van der Waals surface area contributed by atoms with E-state index in [1.807, 2.05) is 30.3 Å². The Morgan fingerprint density at radius 3 is 2.66 bits per heavy atom. The first-order valence-corrected chi connectivity index (χ1v) is 9.55. The molecule has 2 heterocycles. The smallest absolute Gasteiger partial charge is 0.295 e. The van der Waals surface area contributed by atoms with Gasteiger partial charge >= 0.3 is 0 Å². The molecule has 1 N–H and O–H groups in total. The average Bonchev–Trinajstić information content (AvgIpc) is 2.92. The third-order valence-electron chi connectivity index (χ3n) is 4.84. The Bertz CT molecular complexity index is 1140. The maximum absolute atomic E-state index is 12.9. The topological polar surface area (TPSA) is 74.5 Å². The van der Waals surface area contributed by atoms with Gasteiger partial charge in [0.2, 0.25) is 5.91 Å². The zero-order chi connectivity index (χ0) is 20.5. The first-order chi connectivity index (χ1) is 14.0. The van der Waals surface area contributed by atoms with E-state index in [9.17, 15) is 9.59 Å². The predicted octanol–water partition coefficient (Wildman–Crippen LogP) is 3.09. The number of carbonyl (C=O) groups is 1. The largest absolute Gasteiger partial charge is 0.486 e. The minimum Gasteiger partial charge on any atom is -0.486 e. The van der Waals surface area contributed by atoms with Gasteiger partial charge in [-0.25, -0.2) is 4.68 Å². The highest BCUT2D eigenvalue weighted by atomic mass is 35.5. The second-order valence-electron chi connectivity index (χ2n) is 6.76. The van der Waals surface area contributed by atoms with Crippen molar-refractivity contribution in [1.82, 2.24) is 9.36 Å². The molecule has 2 aromatic carbocycles. The third kappa shape index (κ3) is 3.61. The van der Waals surface area contributed by atoms with Gasteiger partial charge in [-0.2, -0.15) is 0 Å². The minimum absolute atomic E-state index is 0.0511. The molecule has 7 nitrogen and oxygen atoms in total. The van der Waals surface area contributed by atoms with Crippen molar-refractivity contribution in [3.63, 3.8) is 0 Å². The zero-order valence-electron chi connectivity index (χ0n) is 16.1. The molecule has 150 valence electrons. The quantitative estimate of drug-likeness (QED) is 0.713. The number of ether oxygens (including phenoxy) is 2. The summed E-state index contributed by atoms with van der Waals surface area (Å²) >= 11 is 6.24. The Morgan fingerprint density at radius 2 is 1.90 bits per heavy atom. The molecule has 8 heteroatoms. The maximum Gasteiger partial charge on any atom is 0.295 e. The molecule has 29 heavy (non-hydrogen) atoms. The van der Waals surface area contributed by atoms with Crippen molar-refractivity contribution in [1.29, 1.82) is 0 Å². The summed E-state index contributed by atoms with van der Waals surface area (Å²) in [5.41, 5.74) is 2.03. The van der Waals surface area contributed by atoms with Crippen molar-refractivity contribution in [3.05, 3.63) is 69.1 Å². The van der Waals surface area contributed by atoms with Gasteiger partial charge in [0.25, 0.3) is 5.56 Å². The lowest BCUT2D eigenvalue weighted by Gasteiger charge is -2.20. The Labute approximate surface area is 172 Å². The molecule has 0 aliphatic carbocycles. The second kappa shape index (κ2) is 7.67. The Morgan fingerprint density at radius 1 is 1.17 bits per heavy atom. The molecule has 1 aliphatic heterocycles. The molecule has 0 bridgehead atoms. The molecule has 0 unspecified atom stereocenters. The molecule has 0 saturated heterocycles. The van der Waals surface area contributed by atoms with Crippen molar-refractivity contribution in [2.75, 3.05) is 18.5 Å². The van der Waals surface area contributed by atoms with E-state index in [2.05, 4.69) is 5.32 Å². The van der Waals surface area contributed by atoms with Crippen LogP contribution in [0.5, 0.6) is 11.5 Å². The van der Waals surface area contributed by atoms with Crippen LogP contribution in [0.25, 0.3) is 5.69 Å². The van der Waals surface area contributed by atoms with Crippen LogP contribution in [0.3, 0.4) is 0 Å². The van der Waals surface area contributed by atoms with Gasteiger partial charge in [0.1, 0.15) is 18.9 Å². The van der Waals surface area contributed by atoms with Gasteiger partial charge in [0.05, 0.1) is 22.8 Å². The molecule has 1 aliphatic rings. The highest BCUT2D eigenvalue weighted by Crippen LogP contribution is 2.38. The third-order valence-corrected chi connectivity index (χ3v) is 5.12. The summed E-state index contributed by atoms with van der Waals surface area (Å²) in [6.45, 7) is 2.66. The number of hydrogen-bond donors (Lipinski definition) is 1. The van der Waals surface area contributed by atoms with E-state index in [1.165, 1.54) is 4.68 Å². The Balaban J connectivity index is 1.58. The van der Waals surface area contributed by atoms with E-state index >= 15 is 0 Å². The highest BCUT2D eigenvalue weighted by Gasteiger charge is 2.20. The fourth-order valence-corrected chi connectivity index (χ4v) is 3.64. The van der Waals surface area contributed by atoms with Crippen molar-refractivity contribution in [3.8, 4) is 17.2 Å². The van der Waals surface area contributed by atoms with Gasteiger partial charge < -0.3 is 14.8 Å². The number of amides is 1. The molecule has 3 aromatic rings. The maximum atomic E-state index is 12.9. The van der Waals surface area contributed by atoms with Gasteiger partial charge in [-0.1, -0.05) is 29.8 Å². The number of fused-ring (bicyclic) bond motifs is 1. The van der Waals surface area contributed by atoms with Crippen LogP contribution in [-0.2, 0) is 18.3 Å². The van der Waals surface area contributed by atoms with E-state index < -0.39 is 0 Å². The summed E-state index contributed by atoms with van der Waals surface area (Å²) in [6.07, 6.45) is 0.0511. The summed E-state index contributed by atoms with van der Waals surface area (Å²) in [5.74, 6) is 0.698. The normalized spacial score (nSPS) is 12.7. The number of para-hydroxylation sites is 1. The van der Waals surface area contributed by atoms with Crippen LogP contribution in [0.1, 0.15) is 11.3 Å². The Kier molecular flexibility index (Phi) is 5.07. The number of halogens is 1. The number of aromatic nitrogens is 2. The van der Waals surface area contributed by atoms with Crippen molar-refractivity contribution in [2.24, 2.45) is 7.05 Å². The summed E-state index contributed by atoms with van der Waals surface area (Å²) in [4.78, 5) is 25.6. The summed E-state index contributed by atoms with van der Waals surface area (Å²) in [7, 11) is 1.78. The minimum atomic E-state index is -0.316. The molecule has 0 saturated carbocycles. The van der Waals surface area contributed by atoms with Gasteiger partial charge in [-0.05, 0) is 36.8 Å². The molecule has 1 aromatic heterocycles. The van der Waals surface area contributed by atoms with Gasteiger partial charge in [-0.15, -0.1) is 0 Å². The molecule has 0 atom stereocenters. The van der Waals surface area contributed by atoms with Gasteiger partial charge in [0.15, 0.2) is 11.5 Å². The molecular formula is C21H20ClN3O4. The fourth-order valence-electron chi connectivity index (χ4n) is 3.35. The SMILES string of the molecule is Cc1c(NC(=O)Cc2cc(Cl)c3c(c2)OCCO3)c(=O)n(-c2ccccc2)n1C. The first-order valence-electron chi connectivity index (χ1n) is 9.17. The van der Waals surface area contributed by atoms with Crippen LogP contribution in [0.2, 0.25) is 5.02 Å². The molecule has 0 fully saturated rings. The van der Waals surface area contributed by atoms with Crippen molar-refractivity contribution >= 4 is 23.2 Å². The second-order valence-corrected chi connectivity index (χ2v) is 7.17. The van der Waals surface area contributed by atoms with Crippen LogP contribution in [0.4, 0.5) is 5.69 Å². The van der Waals surface area contributed by atoms with Crippen LogP contribution >= 0.6 is 11.6 Å². The van der Waals surface area contributed by atoms with Crippen LogP contribution < -0.4 is 20.3 Å². The van der Waals surface area contributed by atoms with Crippen molar-refractivity contribution < 1.29 is 14.3 Å². The average molecular weight is 414 g/mol. The molecule has 0 radical (unpaired) electrons. The molecular weight excluding hydrogens is 394 g/mol. The number of anilines is 1. The van der Waals surface area contributed by atoms with E-state index in [0.29, 0.717) is 41.0 Å². The monoisotopic (exact) mass is 413 g/mol. The van der Waals surface area contributed by atoms with Crippen molar-refractivity contribution in [2.45, 2.75) is 13.3 Å². The summed E-state index contributed by atoms with van der Waals surface area (Å²) < 4.78 is 14.3. The summed E-state index contributed by atoms with van der Waals surface area (Å²) in [5, 5.41) is 3.14. The zero-order valence-corrected chi connectivity index (χ0v) is 16.8. The van der Waals surface area contributed by atoms with Crippen LogP contribution in [-0.4, -0.2) is 28.5 Å².